The molecule has 3 rings (SSSR count). The van der Waals surface area contributed by atoms with E-state index in [-0.39, 0.29) is 18.5 Å². The van der Waals surface area contributed by atoms with Gasteiger partial charge in [0.1, 0.15) is 17.0 Å². The van der Waals surface area contributed by atoms with Crippen molar-refractivity contribution in [2.75, 3.05) is 0 Å². The number of benzene rings is 1. The Morgan fingerprint density at radius 3 is 2.44 bits per heavy atom. The predicted octanol–water partition coefficient (Wildman–Crippen LogP) is 3.39. The van der Waals surface area contributed by atoms with E-state index in [0.29, 0.717) is 28.7 Å². The van der Waals surface area contributed by atoms with Crippen molar-refractivity contribution in [3.05, 3.63) is 53.4 Å². The molecule has 25 heavy (non-hydrogen) atoms. The Morgan fingerprint density at radius 2 is 1.84 bits per heavy atom. The molecule has 0 fully saturated rings. The first-order chi connectivity index (χ1) is 12.0. The quantitative estimate of drug-likeness (QED) is 0.708. The van der Waals surface area contributed by atoms with Crippen LogP contribution >= 0.6 is 0 Å². The SMILES string of the molecule is Cc1nc(CN(C(=O)c2c(-c3ccccc3)noc2C)C(C)C)no1. The zero-order chi connectivity index (χ0) is 18.0. The normalized spacial score (nSPS) is 11.1. The van der Waals surface area contributed by atoms with Crippen molar-refractivity contribution in [3.8, 4) is 11.3 Å². The summed E-state index contributed by atoms with van der Waals surface area (Å²) in [4.78, 5) is 19.1. The van der Waals surface area contributed by atoms with Gasteiger partial charge in [-0.15, -0.1) is 0 Å². The first kappa shape index (κ1) is 16.9. The first-order valence-corrected chi connectivity index (χ1v) is 8.09. The summed E-state index contributed by atoms with van der Waals surface area (Å²) in [7, 11) is 0. The van der Waals surface area contributed by atoms with Crippen LogP contribution in [0.3, 0.4) is 0 Å². The van der Waals surface area contributed by atoms with Crippen LogP contribution in [0.2, 0.25) is 0 Å². The highest BCUT2D eigenvalue weighted by molar-refractivity contribution is 6.00. The molecule has 0 saturated carbocycles. The molecule has 1 amide bonds. The predicted molar refractivity (Wildman–Crippen MR) is 90.7 cm³/mol. The number of rotatable bonds is 5. The van der Waals surface area contributed by atoms with Gasteiger partial charge in [0.05, 0.1) is 6.54 Å². The standard InChI is InChI=1S/C18H20N4O3/c1-11(2)22(10-15-19-13(4)25-20-15)18(23)16-12(3)24-21-17(16)14-8-6-5-7-9-14/h5-9,11H,10H2,1-4H3. The summed E-state index contributed by atoms with van der Waals surface area (Å²) in [6.45, 7) is 7.60. The van der Waals surface area contributed by atoms with Gasteiger partial charge in [0, 0.05) is 18.5 Å². The van der Waals surface area contributed by atoms with Gasteiger partial charge in [0.15, 0.2) is 5.82 Å². The lowest BCUT2D eigenvalue weighted by atomic mass is 10.0. The van der Waals surface area contributed by atoms with Crippen LogP contribution in [0, 0.1) is 13.8 Å². The molecule has 0 aliphatic carbocycles. The number of aromatic nitrogens is 3. The van der Waals surface area contributed by atoms with Crippen molar-refractivity contribution in [1.82, 2.24) is 20.2 Å². The lowest BCUT2D eigenvalue weighted by molar-refractivity contribution is 0.0682. The second-order valence-electron chi connectivity index (χ2n) is 6.08. The lowest BCUT2D eigenvalue weighted by Gasteiger charge is -2.25. The van der Waals surface area contributed by atoms with Crippen molar-refractivity contribution in [2.24, 2.45) is 0 Å². The molecule has 0 aliphatic rings. The van der Waals surface area contributed by atoms with E-state index in [0.717, 1.165) is 5.56 Å². The van der Waals surface area contributed by atoms with Crippen LogP contribution in [-0.4, -0.2) is 32.1 Å². The van der Waals surface area contributed by atoms with Gasteiger partial charge in [-0.05, 0) is 20.8 Å². The maximum absolute atomic E-state index is 13.2. The summed E-state index contributed by atoms with van der Waals surface area (Å²) in [5, 5.41) is 7.97. The number of hydrogen-bond donors (Lipinski definition) is 0. The Bertz CT molecular complexity index is 868. The van der Waals surface area contributed by atoms with Gasteiger partial charge in [-0.25, -0.2) is 0 Å². The molecule has 130 valence electrons. The van der Waals surface area contributed by atoms with Gasteiger partial charge in [-0.1, -0.05) is 40.6 Å². The fourth-order valence-corrected chi connectivity index (χ4v) is 2.61. The molecule has 7 nitrogen and oxygen atoms in total. The molecular formula is C18H20N4O3. The van der Waals surface area contributed by atoms with Crippen molar-refractivity contribution < 1.29 is 13.8 Å². The Morgan fingerprint density at radius 1 is 1.12 bits per heavy atom. The number of amides is 1. The number of carbonyl (C=O) groups is 1. The van der Waals surface area contributed by atoms with Crippen LogP contribution in [0.15, 0.2) is 39.4 Å². The molecule has 0 saturated heterocycles. The number of aryl methyl sites for hydroxylation is 2. The molecule has 2 heterocycles. The number of carbonyl (C=O) groups excluding carboxylic acids is 1. The molecule has 0 N–H and O–H groups in total. The first-order valence-electron chi connectivity index (χ1n) is 8.09. The van der Waals surface area contributed by atoms with E-state index in [9.17, 15) is 4.79 Å². The zero-order valence-corrected chi connectivity index (χ0v) is 14.7. The molecule has 0 aliphatic heterocycles. The van der Waals surface area contributed by atoms with E-state index >= 15 is 0 Å². The summed E-state index contributed by atoms with van der Waals surface area (Å²) in [5.74, 6) is 1.25. The molecule has 3 aromatic rings. The van der Waals surface area contributed by atoms with Gasteiger partial charge in [0.25, 0.3) is 5.91 Å². The molecule has 0 unspecified atom stereocenters. The zero-order valence-electron chi connectivity index (χ0n) is 14.7. The third-order valence-corrected chi connectivity index (χ3v) is 3.89. The van der Waals surface area contributed by atoms with E-state index in [4.69, 9.17) is 9.05 Å². The molecule has 0 atom stereocenters. The minimum absolute atomic E-state index is 0.0516. The van der Waals surface area contributed by atoms with E-state index in [2.05, 4.69) is 15.3 Å². The fourth-order valence-electron chi connectivity index (χ4n) is 2.61. The van der Waals surface area contributed by atoms with Gasteiger partial charge in [-0.3, -0.25) is 4.79 Å². The molecular weight excluding hydrogens is 320 g/mol. The Kier molecular flexibility index (Phi) is 4.65. The van der Waals surface area contributed by atoms with Crippen molar-refractivity contribution in [1.29, 1.82) is 0 Å². The summed E-state index contributed by atoms with van der Waals surface area (Å²) in [6, 6.07) is 9.46. The van der Waals surface area contributed by atoms with Gasteiger partial charge in [0.2, 0.25) is 5.89 Å². The minimum Gasteiger partial charge on any atom is -0.360 e. The van der Waals surface area contributed by atoms with E-state index in [1.54, 1.807) is 18.7 Å². The topological polar surface area (TPSA) is 85.3 Å². The van der Waals surface area contributed by atoms with Crippen molar-refractivity contribution in [3.63, 3.8) is 0 Å². The number of nitrogens with zero attached hydrogens (tertiary/aromatic N) is 4. The highest BCUT2D eigenvalue weighted by atomic mass is 16.5. The molecule has 2 aromatic heterocycles. The van der Waals surface area contributed by atoms with E-state index < -0.39 is 0 Å². The van der Waals surface area contributed by atoms with Crippen LogP contribution in [0.4, 0.5) is 0 Å². The molecule has 1 aromatic carbocycles. The van der Waals surface area contributed by atoms with Crippen molar-refractivity contribution in [2.45, 2.75) is 40.3 Å². The third kappa shape index (κ3) is 3.45. The van der Waals surface area contributed by atoms with Crippen LogP contribution in [-0.2, 0) is 6.54 Å². The van der Waals surface area contributed by atoms with Crippen LogP contribution in [0.5, 0.6) is 0 Å². The van der Waals surface area contributed by atoms with Gasteiger partial charge < -0.3 is 13.9 Å². The largest absolute Gasteiger partial charge is 0.360 e. The Labute approximate surface area is 145 Å². The Hall–Kier alpha value is -2.96. The highest BCUT2D eigenvalue weighted by Crippen LogP contribution is 2.27. The van der Waals surface area contributed by atoms with Crippen LogP contribution in [0.25, 0.3) is 11.3 Å². The average Bonchev–Trinajstić information content (AvgIpc) is 3.18. The monoisotopic (exact) mass is 340 g/mol. The summed E-state index contributed by atoms with van der Waals surface area (Å²) >= 11 is 0. The summed E-state index contributed by atoms with van der Waals surface area (Å²) < 4.78 is 10.3. The van der Waals surface area contributed by atoms with E-state index in [1.165, 1.54) is 0 Å². The number of hydrogen-bond acceptors (Lipinski definition) is 6. The van der Waals surface area contributed by atoms with Gasteiger partial charge in [-0.2, -0.15) is 4.98 Å². The molecule has 0 radical (unpaired) electrons. The average molecular weight is 340 g/mol. The molecule has 0 bridgehead atoms. The second kappa shape index (κ2) is 6.88. The van der Waals surface area contributed by atoms with Crippen molar-refractivity contribution >= 4 is 5.91 Å². The van der Waals surface area contributed by atoms with Crippen LogP contribution in [0.1, 0.15) is 41.7 Å². The highest BCUT2D eigenvalue weighted by Gasteiger charge is 2.28. The maximum atomic E-state index is 13.2. The third-order valence-electron chi connectivity index (χ3n) is 3.89. The second-order valence-corrected chi connectivity index (χ2v) is 6.08. The maximum Gasteiger partial charge on any atom is 0.260 e. The fraction of sp³-hybridized carbons (Fsp3) is 0.333. The summed E-state index contributed by atoms with van der Waals surface area (Å²) in [5.41, 5.74) is 1.83. The minimum atomic E-state index is -0.171. The van der Waals surface area contributed by atoms with E-state index in [1.807, 2.05) is 44.2 Å². The molecule has 7 heteroatoms. The Balaban J connectivity index is 1.96. The molecule has 0 spiro atoms. The smallest absolute Gasteiger partial charge is 0.260 e. The summed E-state index contributed by atoms with van der Waals surface area (Å²) in [6.07, 6.45) is 0. The van der Waals surface area contributed by atoms with Gasteiger partial charge >= 0.3 is 0 Å². The lowest BCUT2D eigenvalue weighted by Crippen LogP contribution is -2.37. The van der Waals surface area contributed by atoms with Crippen LogP contribution < -0.4 is 0 Å².